The standard InChI is InChI=1S/C29H30ClN5O3/c1-4-24(37)34-15-29(16-34)12-20(13-29)35-18(3)25(26-22-14-31-32-23(22)11-17(2)27(26)30)28(33-35)19-5-7-21(8-6-19)38-10-9-36/h4-8,11,14,20,36H,1,9-10,12-13,15-16H2,2-3H3,(H,31,32). The molecule has 6 rings (SSSR count). The zero-order valence-electron chi connectivity index (χ0n) is 21.5. The lowest BCUT2D eigenvalue weighted by Gasteiger charge is -2.58. The highest BCUT2D eigenvalue weighted by Gasteiger charge is 2.54. The van der Waals surface area contributed by atoms with Gasteiger partial charge < -0.3 is 14.7 Å². The fraction of sp³-hybridized carbons (Fsp3) is 0.345. The summed E-state index contributed by atoms with van der Waals surface area (Å²) in [4.78, 5) is 13.8. The number of H-pyrrole nitrogens is 1. The number of aryl methyl sites for hydroxylation is 1. The van der Waals surface area contributed by atoms with E-state index in [0.29, 0.717) is 10.8 Å². The number of aliphatic hydroxyl groups excluding tert-OH is 1. The average Bonchev–Trinajstić information content (AvgIpc) is 3.46. The molecule has 2 aromatic carbocycles. The first-order chi connectivity index (χ1) is 18.3. The Balaban J connectivity index is 1.42. The van der Waals surface area contributed by atoms with E-state index in [1.807, 2.05) is 48.4 Å². The molecule has 4 aromatic rings. The number of halogens is 1. The molecule has 8 nitrogen and oxygen atoms in total. The smallest absolute Gasteiger partial charge is 0.245 e. The number of hydrogen-bond donors (Lipinski definition) is 2. The summed E-state index contributed by atoms with van der Waals surface area (Å²) >= 11 is 6.98. The molecule has 0 radical (unpaired) electrons. The van der Waals surface area contributed by atoms with Crippen LogP contribution in [0.2, 0.25) is 5.02 Å². The summed E-state index contributed by atoms with van der Waals surface area (Å²) in [6.07, 6.45) is 5.17. The van der Waals surface area contributed by atoms with Gasteiger partial charge in [-0.3, -0.25) is 14.6 Å². The first kappa shape index (κ1) is 24.7. The van der Waals surface area contributed by atoms with Crippen molar-refractivity contribution < 1.29 is 14.6 Å². The number of nitrogens with zero attached hydrogens (tertiary/aromatic N) is 4. The number of aromatic amines is 1. The predicted octanol–water partition coefficient (Wildman–Crippen LogP) is 5.08. The number of carbonyl (C=O) groups excluding carboxylic acids is 1. The highest BCUT2D eigenvalue weighted by molar-refractivity contribution is 6.36. The zero-order valence-corrected chi connectivity index (χ0v) is 22.3. The molecule has 2 aliphatic rings. The van der Waals surface area contributed by atoms with Crippen LogP contribution >= 0.6 is 11.6 Å². The van der Waals surface area contributed by atoms with E-state index in [4.69, 9.17) is 26.5 Å². The largest absolute Gasteiger partial charge is 0.491 e. The molecule has 1 aliphatic heterocycles. The monoisotopic (exact) mass is 531 g/mol. The van der Waals surface area contributed by atoms with E-state index in [-0.39, 0.29) is 30.6 Å². The van der Waals surface area contributed by atoms with Crippen LogP contribution in [0, 0.1) is 19.3 Å². The second kappa shape index (κ2) is 9.29. The summed E-state index contributed by atoms with van der Waals surface area (Å²) in [5.41, 5.74) is 6.84. The molecule has 2 aromatic heterocycles. The van der Waals surface area contributed by atoms with Crippen LogP contribution in [-0.2, 0) is 4.79 Å². The molecule has 0 atom stereocenters. The Kier molecular flexibility index (Phi) is 6.04. The molecule has 1 aliphatic carbocycles. The third kappa shape index (κ3) is 3.90. The maximum absolute atomic E-state index is 12.0. The molecule has 38 heavy (non-hydrogen) atoms. The molecule has 1 saturated heterocycles. The van der Waals surface area contributed by atoms with Crippen LogP contribution in [0.15, 0.2) is 49.2 Å². The molecule has 1 amide bonds. The number of aromatic nitrogens is 4. The average molecular weight is 532 g/mol. The van der Waals surface area contributed by atoms with E-state index in [1.165, 1.54) is 6.08 Å². The number of fused-ring (bicyclic) bond motifs is 1. The molecule has 3 heterocycles. The number of ether oxygens (including phenoxy) is 1. The summed E-state index contributed by atoms with van der Waals surface area (Å²) in [5.74, 6) is 0.694. The summed E-state index contributed by atoms with van der Waals surface area (Å²) in [6, 6.07) is 10.0. The number of likely N-dealkylation sites (tertiary alicyclic amines) is 1. The number of benzene rings is 2. The van der Waals surface area contributed by atoms with Gasteiger partial charge in [-0.2, -0.15) is 10.2 Å². The zero-order chi connectivity index (χ0) is 26.6. The Morgan fingerprint density at radius 1 is 1.26 bits per heavy atom. The Morgan fingerprint density at radius 3 is 2.68 bits per heavy atom. The van der Waals surface area contributed by atoms with Gasteiger partial charge in [0.1, 0.15) is 18.1 Å². The molecule has 1 spiro atoms. The first-order valence-electron chi connectivity index (χ1n) is 12.8. The topological polar surface area (TPSA) is 96.3 Å². The minimum atomic E-state index is -0.0373. The number of amides is 1. The normalized spacial score (nSPS) is 16.5. The summed E-state index contributed by atoms with van der Waals surface area (Å²) in [6.45, 7) is 9.48. The van der Waals surface area contributed by atoms with Crippen molar-refractivity contribution >= 4 is 28.4 Å². The lowest BCUT2D eigenvalue weighted by atomic mass is 9.60. The van der Waals surface area contributed by atoms with Crippen molar-refractivity contribution in [2.75, 3.05) is 26.3 Å². The highest BCUT2D eigenvalue weighted by atomic mass is 35.5. The van der Waals surface area contributed by atoms with Crippen molar-refractivity contribution in [1.82, 2.24) is 24.9 Å². The van der Waals surface area contributed by atoms with E-state index in [2.05, 4.69) is 28.4 Å². The molecular weight excluding hydrogens is 502 g/mol. The maximum Gasteiger partial charge on any atom is 0.245 e. The van der Waals surface area contributed by atoms with Crippen molar-refractivity contribution in [3.05, 3.63) is 65.5 Å². The van der Waals surface area contributed by atoms with Crippen LogP contribution in [0.5, 0.6) is 5.75 Å². The van der Waals surface area contributed by atoms with E-state index in [9.17, 15) is 4.79 Å². The van der Waals surface area contributed by atoms with Gasteiger partial charge in [0.25, 0.3) is 0 Å². The van der Waals surface area contributed by atoms with E-state index < -0.39 is 0 Å². The minimum absolute atomic E-state index is 0.00329. The van der Waals surface area contributed by atoms with Gasteiger partial charge in [-0.25, -0.2) is 0 Å². The van der Waals surface area contributed by atoms with Gasteiger partial charge in [0.2, 0.25) is 5.91 Å². The minimum Gasteiger partial charge on any atom is -0.491 e. The lowest BCUT2D eigenvalue weighted by molar-refractivity contribution is -0.149. The summed E-state index contributed by atoms with van der Waals surface area (Å²) < 4.78 is 7.72. The van der Waals surface area contributed by atoms with Gasteiger partial charge in [0.15, 0.2) is 0 Å². The number of rotatable bonds is 7. The second-order valence-electron chi connectivity index (χ2n) is 10.5. The third-order valence-corrected chi connectivity index (χ3v) is 8.46. The van der Waals surface area contributed by atoms with Crippen molar-refractivity contribution in [3.63, 3.8) is 0 Å². The molecule has 0 unspecified atom stereocenters. The molecule has 1 saturated carbocycles. The molecule has 9 heteroatoms. The van der Waals surface area contributed by atoms with Crippen LogP contribution in [0.25, 0.3) is 33.3 Å². The van der Waals surface area contributed by atoms with Gasteiger partial charge >= 0.3 is 0 Å². The molecule has 0 bridgehead atoms. The summed E-state index contributed by atoms with van der Waals surface area (Å²) in [7, 11) is 0. The van der Waals surface area contributed by atoms with E-state index in [1.54, 1.807) is 0 Å². The van der Waals surface area contributed by atoms with Crippen LogP contribution in [0.1, 0.15) is 30.1 Å². The number of aliphatic hydroxyl groups is 1. The summed E-state index contributed by atoms with van der Waals surface area (Å²) in [5, 5.41) is 23.3. The molecule has 2 fully saturated rings. The highest BCUT2D eigenvalue weighted by Crippen LogP contribution is 2.55. The van der Waals surface area contributed by atoms with E-state index in [0.717, 1.165) is 70.5 Å². The third-order valence-electron chi connectivity index (χ3n) is 7.97. The van der Waals surface area contributed by atoms with Crippen LogP contribution in [-0.4, -0.2) is 62.2 Å². The van der Waals surface area contributed by atoms with Crippen LogP contribution < -0.4 is 4.74 Å². The Labute approximate surface area is 225 Å². The van der Waals surface area contributed by atoms with E-state index >= 15 is 0 Å². The number of hydrogen-bond acceptors (Lipinski definition) is 5. The van der Waals surface area contributed by atoms with Crippen molar-refractivity contribution in [2.45, 2.75) is 32.7 Å². The Morgan fingerprint density at radius 2 is 2.00 bits per heavy atom. The van der Waals surface area contributed by atoms with Gasteiger partial charge in [-0.15, -0.1) is 0 Å². The molecule has 2 N–H and O–H groups in total. The van der Waals surface area contributed by atoms with Crippen molar-refractivity contribution in [1.29, 1.82) is 0 Å². The lowest BCUT2D eigenvalue weighted by Crippen LogP contribution is -2.63. The Hall–Kier alpha value is -3.62. The SMILES string of the molecule is C=CC(=O)N1CC2(CC(n3nc(-c4ccc(OCCO)cc4)c(-c4c(Cl)c(C)cc5[nH]ncc45)c3C)C2)C1. The van der Waals surface area contributed by atoms with Crippen LogP contribution in [0.3, 0.4) is 0 Å². The van der Waals surface area contributed by atoms with Gasteiger partial charge in [0.05, 0.1) is 29.4 Å². The fourth-order valence-electron chi connectivity index (χ4n) is 6.11. The Bertz CT molecular complexity index is 1540. The number of nitrogens with one attached hydrogen (secondary N) is 1. The van der Waals surface area contributed by atoms with Crippen molar-refractivity contribution in [2.24, 2.45) is 5.41 Å². The van der Waals surface area contributed by atoms with Crippen molar-refractivity contribution in [3.8, 4) is 28.1 Å². The number of carbonyl (C=O) groups is 1. The van der Waals surface area contributed by atoms with Crippen LogP contribution in [0.4, 0.5) is 0 Å². The van der Waals surface area contributed by atoms with Gasteiger partial charge in [-0.05, 0) is 68.7 Å². The quantitative estimate of drug-likeness (QED) is 0.324. The fourth-order valence-corrected chi connectivity index (χ4v) is 6.36. The maximum atomic E-state index is 12.0. The first-order valence-corrected chi connectivity index (χ1v) is 13.2. The second-order valence-corrected chi connectivity index (χ2v) is 10.9. The predicted molar refractivity (Wildman–Crippen MR) is 147 cm³/mol. The van der Waals surface area contributed by atoms with Gasteiger partial charge in [0, 0.05) is 46.3 Å². The molecule has 196 valence electrons. The van der Waals surface area contributed by atoms with Gasteiger partial charge in [-0.1, -0.05) is 18.2 Å². The molecular formula is C29H30ClN5O3.